The van der Waals surface area contributed by atoms with Gasteiger partial charge in [0.15, 0.2) is 6.10 Å². The first-order valence-corrected chi connectivity index (χ1v) is 9.96. The van der Waals surface area contributed by atoms with Gasteiger partial charge in [-0.05, 0) is 31.9 Å². The standard InChI is InChI=1S/C21H30O6/c1-3-4-5-6-7-8-9-10-12-21(2)13-11-15(27-21)18-19(24)16(14-17(22)23)26-20(18)25/h11,13,16H,3-10,12,14H2,1-2H3,(H,22,23)/b18-15-/t16-,21+/m1/s1. The van der Waals surface area contributed by atoms with Gasteiger partial charge in [-0.15, -0.1) is 0 Å². The Morgan fingerprint density at radius 2 is 1.74 bits per heavy atom. The number of aliphatic carboxylic acids is 1. The molecule has 0 aromatic rings. The van der Waals surface area contributed by atoms with Crippen LogP contribution in [0.5, 0.6) is 0 Å². The molecule has 27 heavy (non-hydrogen) atoms. The normalized spacial score (nSPS) is 27.1. The van der Waals surface area contributed by atoms with Gasteiger partial charge in [0.2, 0.25) is 5.78 Å². The fraction of sp³-hybridized carbons (Fsp3) is 0.667. The number of carbonyl (C=O) groups is 3. The largest absolute Gasteiger partial charge is 0.482 e. The number of ketones is 1. The summed E-state index contributed by atoms with van der Waals surface area (Å²) in [5.74, 6) is -2.41. The smallest absolute Gasteiger partial charge is 0.346 e. The van der Waals surface area contributed by atoms with Crippen LogP contribution in [0, 0.1) is 0 Å². The summed E-state index contributed by atoms with van der Waals surface area (Å²) in [5, 5.41) is 8.81. The molecule has 6 heteroatoms. The highest BCUT2D eigenvalue weighted by Crippen LogP contribution is 2.35. The zero-order chi connectivity index (χ0) is 19.9. The van der Waals surface area contributed by atoms with Crippen LogP contribution < -0.4 is 0 Å². The van der Waals surface area contributed by atoms with Gasteiger partial charge in [-0.3, -0.25) is 9.59 Å². The van der Waals surface area contributed by atoms with Crippen LogP contribution in [-0.4, -0.2) is 34.5 Å². The summed E-state index contributed by atoms with van der Waals surface area (Å²) < 4.78 is 10.8. The molecule has 6 nitrogen and oxygen atoms in total. The summed E-state index contributed by atoms with van der Waals surface area (Å²) in [6.45, 7) is 4.14. The molecule has 0 unspecified atom stereocenters. The van der Waals surface area contributed by atoms with Gasteiger partial charge in [-0.25, -0.2) is 4.79 Å². The van der Waals surface area contributed by atoms with Crippen LogP contribution in [0.15, 0.2) is 23.5 Å². The molecule has 1 fully saturated rings. The van der Waals surface area contributed by atoms with E-state index in [1.165, 1.54) is 38.5 Å². The third-order valence-corrected chi connectivity index (χ3v) is 5.06. The van der Waals surface area contributed by atoms with Crippen molar-refractivity contribution in [2.75, 3.05) is 0 Å². The van der Waals surface area contributed by atoms with Crippen LogP contribution in [-0.2, 0) is 23.9 Å². The number of unbranched alkanes of at least 4 members (excludes halogenated alkanes) is 7. The molecule has 0 aromatic heterocycles. The molecule has 0 aliphatic carbocycles. The number of cyclic esters (lactones) is 1. The molecule has 2 aliphatic heterocycles. The predicted molar refractivity (Wildman–Crippen MR) is 100 cm³/mol. The Morgan fingerprint density at radius 3 is 2.37 bits per heavy atom. The number of allylic oxidation sites excluding steroid dienone is 1. The van der Waals surface area contributed by atoms with Crippen molar-refractivity contribution in [3.8, 4) is 0 Å². The van der Waals surface area contributed by atoms with Gasteiger partial charge in [0, 0.05) is 0 Å². The molecule has 2 atom stereocenters. The van der Waals surface area contributed by atoms with Crippen LogP contribution in [0.4, 0.5) is 0 Å². The van der Waals surface area contributed by atoms with E-state index >= 15 is 0 Å². The lowest BCUT2D eigenvalue weighted by Crippen LogP contribution is -2.23. The minimum Gasteiger partial charge on any atom is -0.482 e. The monoisotopic (exact) mass is 378 g/mol. The number of Topliss-reactive ketones (excluding diaryl/α,β-unsaturated/α-hetero) is 1. The number of rotatable bonds is 11. The molecular formula is C21H30O6. The Hall–Kier alpha value is -2.11. The van der Waals surface area contributed by atoms with Crippen molar-refractivity contribution < 1.29 is 29.0 Å². The molecule has 2 aliphatic rings. The minimum atomic E-state index is -1.26. The molecule has 2 heterocycles. The van der Waals surface area contributed by atoms with E-state index in [1.54, 1.807) is 6.08 Å². The summed E-state index contributed by atoms with van der Waals surface area (Å²) >= 11 is 0. The third kappa shape index (κ3) is 5.94. The van der Waals surface area contributed by atoms with Gasteiger partial charge in [0.1, 0.15) is 16.9 Å². The minimum absolute atomic E-state index is 0.169. The molecule has 0 spiro atoms. The lowest BCUT2D eigenvalue weighted by Gasteiger charge is -2.23. The van der Waals surface area contributed by atoms with Crippen molar-refractivity contribution in [2.24, 2.45) is 0 Å². The zero-order valence-electron chi connectivity index (χ0n) is 16.3. The van der Waals surface area contributed by atoms with Crippen LogP contribution in [0.3, 0.4) is 0 Å². The molecule has 1 saturated heterocycles. The van der Waals surface area contributed by atoms with Crippen molar-refractivity contribution >= 4 is 17.7 Å². The Labute approximate surface area is 160 Å². The van der Waals surface area contributed by atoms with Gasteiger partial charge in [-0.2, -0.15) is 0 Å². The Balaban J connectivity index is 1.82. The summed E-state index contributed by atoms with van der Waals surface area (Å²) in [5.41, 5.74) is -0.715. The highest BCUT2D eigenvalue weighted by Gasteiger charge is 2.44. The number of hydrogen-bond acceptors (Lipinski definition) is 5. The summed E-state index contributed by atoms with van der Waals surface area (Å²) in [6.07, 6.45) is 12.3. The zero-order valence-corrected chi connectivity index (χ0v) is 16.3. The highest BCUT2D eigenvalue weighted by atomic mass is 16.6. The second-order valence-corrected chi connectivity index (χ2v) is 7.57. The van der Waals surface area contributed by atoms with Crippen LogP contribution >= 0.6 is 0 Å². The van der Waals surface area contributed by atoms with Gasteiger partial charge < -0.3 is 14.6 Å². The quantitative estimate of drug-likeness (QED) is 0.252. The van der Waals surface area contributed by atoms with E-state index in [9.17, 15) is 14.4 Å². The fourth-order valence-corrected chi connectivity index (χ4v) is 3.47. The van der Waals surface area contributed by atoms with E-state index in [0.717, 1.165) is 19.3 Å². The van der Waals surface area contributed by atoms with Crippen LogP contribution in [0.2, 0.25) is 0 Å². The van der Waals surface area contributed by atoms with E-state index in [0.29, 0.717) is 0 Å². The lowest BCUT2D eigenvalue weighted by molar-refractivity contribution is -0.147. The Kier molecular flexibility index (Phi) is 7.63. The Bertz CT molecular complexity index is 633. The molecule has 0 radical (unpaired) electrons. The van der Waals surface area contributed by atoms with E-state index < -0.39 is 35.8 Å². The lowest BCUT2D eigenvalue weighted by atomic mass is 9.98. The van der Waals surface area contributed by atoms with Crippen LogP contribution in [0.25, 0.3) is 0 Å². The molecule has 2 rings (SSSR count). The fourth-order valence-electron chi connectivity index (χ4n) is 3.47. The van der Waals surface area contributed by atoms with Crippen molar-refractivity contribution in [3.05, 3.63) is 23.5 Å². The van der Waals surface area contributed by atoms with Crippen molar-refractivity contribution in [2.45, 2.75) is 89.8 Å². The molecule has 0 saturated carbocycles. The maximum atomic E-state index is 12.3. The van der Waals surface area contributed by atoms with E-state index in [2.05, 4.69) is 6.92 Å². The predicted octanol–water partition coefficient (Wildman–Crippen LogP) is 4.09. The molecule has 150 valence electrons. The molecular weight excluding hydrogens is 348 g/mol. The van der Waals surface area contributed by atoms with Gasteiger partial charge in [-0.1, -0.05) is 51.9 Å². The first kappa shape index (κ1) is 21.2. The topological polar surface area (TPSA) is 89.9 Å². The maximum absolute atomic E-state index is 12.3. The average Bonchev–Trinajstić information content (AvgIpc) is 3.10. The number of carboxylic acid groups (broad SMARTS) is 1. The number of carboxylic acids is 1. The van der Waals surface area contributed by atoms with Crippen molar-refractivity contribution in [1.82, 2.24) is 0 Å². The van der Waals surface area contributed by atoms with Crippen LogP contribution in [0.1, 0.15) is 78.1 Å². The highest BCUT2D eigenvalue weighted by molar-refractivity contribution is 6.24. The SMILES string of the molecule is CCCCCCCCCC[C@@]1(C)C=C/C(=C2/C(=O)O[C@H](CC(=O)O)C2=O)O1. The molecule has 1 N–H and O–H groups in total. The maximum Gasteiger partial charge on any atom is 0.346 e. The van der Waals surface area contributed by atoms with E-state index in [4.69, 9.17) is 14.6 Å². The van der Waals surface area contributed by atoms with Crippen molar-refractivity contribution in [1.29, 1.82) is 0 Å². The number of carbonyl (C=O) groups excluding carboxylic acids is 2. The van der Waals surface area contributed by atoms with Crippen molar-refractivity contribution in [3.63, 3.8) is 0 Å². The first-order valence-electron chi connectivity index (χ1n) is 9.96. The third-order valence-electron chi connectivity index (χ3n) is 5.06. The summed E-state index contributed by atoms with van der Waals surface area (Å²) in [6, 6.07) is 0. The number of hydrogen-bond donors (Lipinski definition) is 1. The molecule has 0 aromatic carbocycles. The molecule has 0 bridgehead atoms. The Morgan fingerprint density at radius 1 is 1.11 bits per heavy atom. The summed E-state index contributed by atoms with van der Waals surface area (Å²) in [4.78, 5) is 35.0. The first-order chi connectivity index (χ1) is 12.9. The second kappa shape index (κ2) is 9.72. The number of esters is 1. The molecule has 0 amide bonds. The number of ether oxygens (including phenoxy) is 2. The van der Waals surface area contributed by atoms with Gasteiger partial charge in [0.05, 0.1) is 6.42 Å². The van der Waals surface area contributed by atoms with Gasteiger partial charge in [0.25, 0.3) is 0 Å². The second-order valence-electron chi connectivity index (χ2n) is 7.57. The van der Waals surface area contributed by atoms with Gasteiger partial charge >= 0.3 is 11.9 Å². The summed E-state index contributed by atoms with van der Waals surface area (Å²) in [7, 11) is 0. The van der Waals surface area contributed by atoms with E-state index in [1.807, 2.05) is 13.0 Å². The van der Waals surface area contributed by atoms with E-state index in [-0.39, 0.29) is 11.3 Å². The average molecular weight is 378 g/mol.